The van der Waals surface area contributed by atoms with Gasteiger partial charge >= 0.3 is 0 Å². The number of carbonyl (C=O) groups excluding carboxylic acids is 1. The fourth-order valence-electron chi connectivity index (χ4n) is 2.31. The molecule has 2 unspecified atom stereocenters. The Hall–Kier alpha value is -0.610. The van der Waals surface area contributed by atoms with Crippen molar-refractivity contribution in [1.82, 2.24) is 4.90 Å². The lowest BCUT2D eigenvalue weighted by atomic mass is 10.1. The third kappa shape index (κ3) is 2.92. The molecule has 2 aliphatic heterocycles. The maximum Gasteiger partial charge on any atom is 0.225 e. The van der Waals surface area contributed by atoms with Crippen molar-refractivity contribution in [3.63, 3.8) is 0 Å². The van der Waals surface area contributed by atoms with Gasteiger partial charge in [-0.3, -0.25) is 4.79 Å². The standard InChI is InChI=1S/C11H19NO3/c13-9-3-1-5-12(8-9)11(14)7-10-4-2-6-15-10/h9-10,13H,1-8H2. The number of hydrogen-bond acceptors (Lipinski definition) is 3. The number of amides is 1. The van der Waals surface area contributed by atoms with Crippen molar-refractivity contribution in [2.24, 2.45) is 0 Å². The monoisotopic (exact) mass is 213 g/mol. The number of aliphatic hydroxyl groups is 1. The van der Waals surface area contributed by atoms with Crippen LogP contribution in [0.2, 0.25) is 0 Å². The number of carbonyl (C=O) groups is 1. The number of β-amino-alcohol motifs (C(OH)–C–C–N with tert-alkyl or cyclic N) is 1. The van der Waals surface area contributed by atoms with Crippen LogP contribution in [-0.4, -0.2) is 47.8 Å². The highest BCUT2D eigenvalue weighted by Gasteiger charge is 2.26. The Kier molecular flexibility index (Phi) is 3.59. The lowest BCUT2D eigenvalue weighted by molar-refractivity contribution is -0.136. The van der Waals surface area contributed by atoms with E-state index in [1.807, 2.05) is 0 Å². The fourth-order valence-corrected chi connectivity index (χ4v) is 2.31. The zero-order chi connectivity index (χ0) is 10.7. The van der Waals surface area contributed by atoms with Crippen LogP contribution in [0.15, 0.2) is 0 Å². The van der Waals surface area contributed by atoms with Crippen LogP contribution in [0, 0.1) is 0 Å². The van der Waals surface area contributed by atoms with Crippen LogP contribution in [0.5, 0.6) is 0 Å². The minimum Gasteiger partial charge on any atom is -0.391 e. The van der Waals surface area contributed by atoms with E-state index < -0.39 is 0 Å². The summed E-state index contributed by atoms with van der Waals surface area (Å²) in [5.41, 5.74) is 0. The van der Waals surface area contributed by atoms with Gasteiger partial charge < -0.3 is 14.7 Å². The molecule has 0 spiro atoms. The molecule has 0 bridgehead atoms. The largest absolute Gasteiger partial charge is 0.391 e. The summed E-state index contributed by atoms with van der Waals surface area (Å²) in [4.78, 5) is 13.6. The number of rotatable bonds is 2. The first-order valence-electron chi connectivity index (χ1n) is 5.83. The molecule has 0 radical (unpaired) electrons. The van der Waals surface area contributed by atoms with Crippen molar-refractivity contribution in [2.45, 2.75) is 44.3 Å². The summed E-state index contributed by atoms with van der Waals surface area (Å²) < 4.78 is 5.43. The molecular formula is C11H19NO3. The predicted octanol–water partition coefficient (Wildman–Crippen LogP) is 0.539. The van der Waals surface area contributed by atoms with Gasteiger partial charge in [-0.25, -0.2) is 0 Å². The van der Waals surface area contributed by atoms with Gasteiger partial charge in [0.25, 0.3) is 0 Å². The third-order valence-corrected chi connectivity index (χ3v) is 3.18. The molecule has 1 amide bonds. The van der Waals surface area contributed by atoms with Crippen LogP contribution in [0.4, 0.5) is 0 Å². The summed E-state index contributed by atoms with van der Waals surface area (Å²) in [6, 6.07) is 0. The molecule has 15 heavy (non-hydrogen) atoms. The third-order valence-electron chi connectivity index (χ3n) is 3.18. The molecule has 0 aromatic heterocycles. The van der Waals surface area contributed by atoms with Gasteiger partial charge in [0.05, 0.1) is 18.6 Å². The molecule has 0 aromatic carbocycles. The van der Waals surface area contributed by atoms with E-state index in [-0.39, 0.29) is 18.1 Å². The molecule has 1 N–H and O–H groups in total. The normalized spacial score (nSPS) is 31.9. The van der Waals surface area contributed by atoms with Crippen LogP contribution in [0.25, 0.3) is 0 Å². The van der Waals surface area contributed by atoms with Gasteiger partial charge in [0.2, 0.25) is 5.91 Å². The average molecular weight is 213 g/mol. The maximum absolute atomic E-state index is 11.8. The van der Waals surface area contributed by atoms with E-state index >= 15 is 0 Å². The van der Waals surface area contributed by atoms with Gasteiger partial charge in [0, 0.05) is 19.7 Å². The minimum absolute atomic E-state index is 0.122. The van der Waals surface area contributed by atoms with Crippen molar-refractivity contribution in [1.29, 1.82) is 0 Å². The van der Waals surface area contributed by atoms with E-state index in [1.54, 1.807) is 4.90 Å². The number of hydrogen-bond donors (Lipinski definition) is 1. The van der Waals surface area contributed by atoms with Crippen molar-refractivity contribution >= 4 is 5.91 Å². The molecule has 0 saturated carbocycles. The number of nitrogens with zero attached hydrogens (tertiary/aromatic N) is 1. The van der Waals surface area contributed by atoms with E-state index in [1.165, 1.54) is 0 Å². The number of aliphatic hydroxyl groups excluding tert-OH is 1. The van der Waals surface area contributed by atoms with Crippen LogP contribution >= 0.6 is 0 Å². The quantitative estimate of drug-likeness (QED) is 0.728. The zero-order valence-corrected chi connectivity index (χ0v) is 9.02. The summed E-state index contributed by atoms with van der Waals surface area (Å²) in [6.07, 6.45) is 4.10. The highest BCUT2D eigenvalue weighted by molar-refractivity contribution is 5.76. The summed E-state index contributed by atoms with van der Waals surface area (Å²) in [5.74, 6) is 0.139. The van der Waals surface area contributed by atoms with Gasteiger partial charge in [0.1, 0.15) is 0 Å². The second-order valence-electron chi connectivity index (χ2n) is 4.47. The summed E-state index contributed by atoms with van der Waals surface area (Å²) in [7, 11) is 0. The van der Waals surface area contributed by atoms with Gasteiger partial charge in [-0.2, -0.15) is 0 Å². The van der Waals surface area contributed by atoms with E-state index in [9.17, 15) is 9.90 Å². The second-order valence-corrected chi connectivity index (χ2v) is 4.47. The average Bonchev–Trinajstić information content (AvgIpc) is 2.70. The molecule has 86 valence electrons. The van der Waals surface area contributed by atoms with Gasteiger partial charge in [-0.15, -0.1) is 0 Å². The Morgan fingerprint density at radius 2 is 2.27 bits per heavy atom. The van der Waals surface area contributed by atoms with Crippen LogP contribution in [-0.2, 0) is 9.53 Å². The predicted molar refractivity (Wildman–Crippen MR) is 55.4 cm³/mol. The maximum atomic E-state index is 11.8. The Morgan fingerprint density at radius 1 is 1.40 bits per heavy atom. The smallest absolute Gasteiger partial charge is 0.225 e. The molecule has 2 rings (SSSR count). The second kappa shape index (κ2) is 4.94. The molecule has 4 nitrogen and oxygen atoms in total. The summed E-state index contributed by atoms with van der Waals surface area (Å²) >= 11 is 0. The first-order valence-corrected chi connectivity index (χ1v) is 5.83. The van der Waals surface area contributed by atoms with Gasteiger partial charge in [-0.1, -0.05) is 0 Å². The molecule has 2 atom stereocenters. The zero-order valence-electron chi connectivity index (χ0n) is 9.02. The van der Waals surface area contributed by atoms with E-state index in [2.05, 4.69) is 0 Å². The Morgan fingerprint density at radius 3 is 2.93 bits per heavy atom. The Labute approximate surface area is 90.2 Å². The summed E-state index contributed by atoms with van der Waals surface area (Å²) in [5, 5.41) is 9.46. The molecular weight excluding hydrogens is 194 g/mol. The molecule has 2 aliphatic rings. The molecule has 2 fully saturated rings. The van der Waals surface area contributed by atoms with Gasteiger partial charge in [-0.05, 0) is 25.7 Å². The van der Waals surface area contributed by atoms with E-state index in [4.69, 9.17) is 4.74 Å². The SMILES string of the molecule is O=C(CC1CCCO1)N1CCCC(O)C1. The molecule has 2 heterocycles. The van der Waals surface area contributed by atoms with Crippen LogP contribution in [0.3, 0.4) is 0 Å². The fraction of sp³-hybridized carbons (Fsp3) is 0.909. The molecule has 0 aliphatic carbocycles. The molecule has 2 saturated heterocycles. The lowest BCUT2D eigenvalue weighted by Crippen LogP contribution is -2.43. The lowest BCUT2D eigenvalue weighted by Gasteiger charge is -2.30. The van der Waals surface area contributed by atoms with Crippen LogP contribution in [0.1, 0.15) is 32.1 Å². The van der Waals surface area contributed by atoms with Crippen molar-refractivity contribution < 1.29 is 14.6 Å². The van der Waals surface area contributed by atoms with E-state index in [0.29, 0.717) is 13.0 Å². The minimum atomic E-state index is -0.327. The van der Waals surface area contributed by atoms with E-state index in [0.717, 1.165) is 38.8 Å². The van der Waals surface area contributed by atoms with Crippen LogP contribution < -0.4 is 0 Å². The summed E-state index contributed by atoms with van der Waals surface area (Å²) in [6.45, 7) is 2.09. The van der Waals surface area contributed by atoms with Crippen molar-refractivity contribution in [3.8, 4) is 0 Å². The number of ether oxygens (including phenoxy) is 1. The number of likely N-dealkylation sites (tertiary alicyclic amines) is 1. The Balaban J connectivity index is 1.78. The Bertz CT molecular complexity index is 226. The van der Waals surface area contributed by atoms with Gasteiger partial charge in [0.15, 0.2) is 0 Å². The highest BCUT2D eigenvalue weighted by atomic mass is 16.5. The topological polar surface area (TPSA) is 49.8 Å². The van der Waals surface area contributed by atoms with Crippen molar-refractivity contribution in [3.05, 3.63) is 0 Å². The first-order chi connectivity index (χ1) is 7.25. The highest BCUT2D eigenvalue weighted by Crippen LogP contribution is 2.18. The van der Waals surface area contributed by atoms with Crippen molar-refractivity contribution in [2.75, 3.05) is 19.7 Å². The molecule has 4 heteroatoms. The molecule has 0 aromatic rings. The first kappa shape index (κ1) is 10.9. The number of piperidine rings is 1.